The summed E-state index contributed by atoms with van der Waals surface area (Å²) in [5.41, 5.74) is 2.32. The molecule has 0 bridgehead atoms. The number of benzene rings is 2. The second-order valence-corrected chi connectivity index (χ2v) is 6.51. The molecule has 0 aliphatic rings. The van der Waals surface area contributed by atoms with Crippen LogP contribution >= 0.6 is 11.3 Å². The Morgan fingerprint density at radius 3 is 2.65 bits per heavy atom. The molecule has 0 fully saturated rings. The molecule has 134 valence electrons. The normalized spacial score (nSPS) is 10.5. The van der Waals surface area contributed by atoms with Crippen LogP contribution in [0.5, 0.6) is 11.5 Å². The van der Waals surface area contributed by atoms with Crippen LogP contribution in [0.1, 0.15) is 16.9 Å². The molecule has 1 heterocycles. The molecule has 0 spiro atoms. The second-order valence-electron chi connectivity index (χ2n) is 5.54. The van der Waals surface area contributed by atoms with Gasteiger partial charge in [-0.15, -0.1) is 11.3 Å². The molecule has 1 N–H and O–H groups in total. The monoisotopic (exact) mass is 374 g/mol. The SMILES string of the molecule is O=C(CCc1cncs1)NCc1ccc(Oc2ccccc2F)c(F)c1. The zero-order valence-corrected chi connectivity index (χ0v) is 14.6. The summed E-state index contributed by atoms with van der Waals surface area (Å²) in [5, 5.41) is 2.74. The summed E-state index contributed by atoms with van der Waals surface area (Å²) in [4.78, 5) is 16.9. The third-order valence-corrected chi connectivity index (χ3v) is 4.46. The first-order chi connectivity index (χ1) is 12.6. The molecule has 4 nitrogen and oxygen atoms in total. The van der Waals surface area contributed by atoms with E-state index in [9.17, 15) is 13.6 Å². The zero-order valence-electron chi connectivity index (χ0n) is 13.7. The number of hydrogen-bond acceptors (Lipinski definition) is 4. The average molecular weight is 374 g/mol. The van der Waals surface area contributed by atoms with Gasteiger partial charge in [0.15, 0.2) is 23.1 Å². The first kappa shape index (κ1) is 18.0. The third-order valence-electron chi connectivity index (χ3n) is 3.62. The Bertz CT molecular complexity index is 885. The molecule has 0 atom stereocenters. The van der Waals surface area contributed by atoms with Gasteiger partial charge in [-0.3, -0.25) is 9.78 Å². The van der Waals surface area contributed by atoms with Crippen LogP contribution in [0.2, 0.25) is 0 Å². The minimum absolute atomic E-state index is 0.0458. The number of aryl methyl sites for hydroxylation is 1. The molecule has 0 aliphatic heterocycles. The number of para-hydroxylation sites is 1. The molecular weight excluding hydrogens is 358 g/mol. The van der Waals surface area contributed by atoms with Crippen molar-refractivity contribution in [3.63, 3.8) is 0 Å². The maximum absolute atomic E-state index is 14.2. The number of amides is 1. The Hall–Kier alpha value is -2.80. The van der Waals surface area contributed by atoms with E-state index < -0.39 is 11.6 Å². The number of carbonyl (C=O) groups is 1. The predicted octanol–water partition coefficient (Wildman–Crippen LogP) is 4.46. The van der Waals surface area contributed by atoms with Gasteiger partial charge in [0.2, 0.25) is 5.91 Å². The minimum Gasteiger partial charge on any atom is -0.451 e. The molecule has 0 saturated carbocycles. The van der Waals surface area contributed by atoms with E-state index in [-0.39, 0.29) is 24.0 Å². The number of halogens is 2. The van der Waals surface area contributed by atoms with Crippen LogP contribution in [-0.4, -0.2) is 10.9 Å². The van der Waals surface area contributed by atoms with Crippen molar-refractivity contribution >= 4 is 17.2 Å². The molecule has 0 radical (unpaired) electrons. The van der Waals surface area contributed by atoms with Crippen LogP contribution in [0.25, 0.3) is 0 Å². The first-order valence-electron chi connectivity index (χ1n) is 7.96. The van der Waals surface area contributed by atoms with Gasteiger partial charge in [-0.2, -0.15) is 0 Å². The molecule has 0 unspecified atom stereocenters. The van der Waals surface area contributed by atoms with Crippen LogP contribution in [0.4, 0.5) is 8.78 Å². The largest absolute Gasteiger partial charge is 0.451 e. The number of hydrogen-bond donors (Lipinski definition) is 1. The Morgan fingerprint density at radius 2 is 1.92 bits per heavy atom. The summed E-state index contributed by atoms with van der Waals surface area (Å²) in [6.07, 6.45) is 2.71. The quantitative estimate of drug-likeness (QED) is 0.664. The van der Waals surface area contributed by atoms with E-state index in [2.05, 4.69) is 10.3 Å². The molecule has 1 amide bonds. The fourth-order valence-electron chi connectivity index (χ4n) is 2.27. The lowest BCUT2D eigenvalue weighted by molar-refractivity contribution is -0.121. The lowest BCUT2D eigenvalue weighted by Gasteiger charge is -2.10. The van der Waals surface area contributed by atoms with Crippen molar-refractivity contribution in [2.75, 3.05) is 0 Å². The van der Waals surface area contributed by atoms with Crippen molar-refractivity contribution in [3.8, 4) is 11.5 Å². The Balaban J connectivity index is 1.54. The van der Waals surface area contributed by atoms with E-state index >= 15 is 0 Å². The van der Waals surface area contributed by atoms with Gasteiger partial charge in [0.25, 0.3) is 0 Å². The summed E-state index contributed by atoms with van der Waals surface area (Å²) in [5.74, 6) is -1.43. The van der Waals surface area contributed by atoms with Gasteiger partial charge in [0, 0.05) is 24.0 Å². The van der Waals surface area contributed by atoms with E-state index in [0.717, 1.165) is 4.88 Å². The zero-order chi connectivity index (χ0) is 18.4. The summed E-state index contributed by atoms with van der Waals surface area (Å²) in [6, 6.07) is 10.1. The average Bonchev–Trinajstić information content (AvgIpc) is 3.15. The fourth-order valence-corrected chi connectivity index (χ4v) is 2.87. The summed E-state index contributed by atoms with van der Waals surface area (Å²) in [7, 11) is 0. The maximum atomic E-state index is 14.2. The van der Waals surface area contributed by atoms with Gasteiger partial charge in [-0.1, -0.05) is 18.2 Å². The number of ether oxygens (including phenoxy) is 1. The number of thiazole rings is 1. The van der Waals surface area contributed by atoms with Crippen molar-refractivity contribution < 1.29 is 18.3 Å². The van der Waals surface area contributed by atoms with Crippen molar-refractivity contribution in [2.45, 2.75) is 19.4 Å². The summed E-state index contributed by atoms with van der Waals surface area (Å²) < 4.78 is 33.0. The summed E-state index contributed by atoms with van der Waals surface area (Å²) in [6.45, 7) is 0.207. The first-order valence-corrected chi connectivity index (χ1v) is 8.84. The van der Waals surface area contributed by atoms with E-state index in [1.807, 2.05) is 0 Å². The third kappa shape index (κ3) is 4.86. The number of nitrogens with zero attached hydrogens (tertiary/aromatic N) is 1. The van der Waals surface area contributed by atoms with Crippen molar-refractivity contribution in [1.82, 2.24) is 10.3 Å². The van der Waals surface area contributed by atoms with Crippen LogP contribution in [0.15, 0.2) is 54.2 Å². The van der Waals surface area contributed by atoms with Crippen LogP contribution in [-0.2, 0) is 17.8 Å². The van der Waals surface area contributed by atoms with Gasteiger partial charge in [-0.05, 0) is 36.2 Å². The maximum Gasteiger partial charge on any atom is 0.220 e. The van der Waals surface area contributed by atoms with Crippen LogP contribution in [0.3, 0.4) is 0 Å². The molecule has 2 aromatic carbocycles. The number of aromatic nitrogens is 1. The van der Waals surface area contributed by atoms with Gasteiger partial charge in [0.1, 0.15) is 0 Å². The van der Waals surface area contributed by atoms with Crippen LogP contribution < -0.4 is 10.1 Å². The highest BCUT2D eigenvalue weighted by molar-refractivity contribution is 7.09. The molecule has 7 heteroatoms. The number of carbonyl (C=O) groups excluding carboxylic acids is 1. The Labute approximate surface area is 153 Å². The van der Waals surface area contributed by atoms with Crippen molar-refractivity contribution in [2.24, 2.45) is 0 Å². The van der Waals surface area contributed by atoms with E-state index in [4.69, 9.17) is 4.74 Å². The fraction of sp³-hybridized carbons (Fsp3) is 0.158. The number of nitrogens with one attached hydrogen (secondary N) is 1. The van der Waals surface area contributed by atoms with E-state index in [0.29, 0.717) is 18.4 Å². The predicted molar refractivity (Wildman–Crippen MR) is 95.2 cm³/mol. The highest BCUT2D eigenvalue weighted by Gasteiger charge is 2.10. The Kier molecular flexibility index (Phi) is 5.91. The second kappa shape index (κ2) is 8.53. The smallest absolute Gasteiger partial charge is 0.220 e. The van der Waals surface area contributed by atoms with Gasteiger partial charge in [0.05, 0.1) is 5.51 Å². The lowest BCUT2D eigenvalue weighted by Crippen LogP contribution is -2.22. The van der Waals surface area contributed by atoms with Gasteiger partial charge >= 0.3 is 0 Å². The molecule has 3 aromatic rings. The molecule has 3 rings (SSSR count). The van der Waals surface area contributed by atoms with E-state index in [1.165, 1.54) is 41.7 Å². The van der Waals surface area contributed by atoms with Crippen molar-refractivity contribution in [1.29, 1.82) is 0 Å². The standard InChI is InChI=1S/C19H16F2N2O2S/c20-15-3-1-2-4-17(15)25-18-7-5-13(9-16(18)21)10-23-19(24)8-6-14-11-22-12-26-14/h1-5,7,9,11-12H,6,8,10H2,(H,23,24). The molecule has 1 aromatic heterocycles. The topological polar surface area (TPSA) is 51.2 Å². The minimum atomic E-state index is -0.621. The molecule has 0 aliphatic carbocycles. The summed E-state index contributed by atoms with van der Waals surface area (Å²) >= 11 is 1.50. The highest BCUT2D eigenvalue weighted by Crippen LogP contribution is 2.27. The Morgan fingerprint density at radius 1 is 1.12 bits per heavy atom. The molecular formula is C19H16F2N2O2S. The molecule has 0 saturated heterocycles. The van der Waals surface area contributed by atoms with Gasteiger partial charge in [-0.25, -0.2) is 8.78 Å². The highest BCUT2D eigenvalue weighted by atomic mass is 32.1. The molecule has 26 heavy (non-hydrogen) atoms. The van der Waals surface area contributed by atoms with Gasteiger partial charge < -0.3 is 10.1 Å². The van der Waals surface area contributed by atoms with Crippen molar-refractivity contribution in [3.05, 3.63) is 76.2 Å². The lowest BCUT2D eigenvalue weighted by atomic mass is 10.2. The number of rotatable bonds is 7. The van der Waals surface area contributed by atoms with E-state index in [1.54, 1.807) is 23.8 Å². The van der Waals surface area contributed by atoms with Crippen LogP contribution in [0, 0.1) is 11.6 Å².